The number of aryl methyl sites for hydroxylation is 1. The maximum Gasteiger partial charge on any atom is 0.163 e. The number of aromatic nitrogens is 1. The summed E-state index contributed by atoms with van der Waals surface area (Å²) in [6.07, 6.45) is 5.79. The number of anilines is 1. The van der Waals surface area contributed by atoms with E-state index in [1.165, 1.54) is 36.2 Å². The molecular weight excluding hydrogens is 314 g/mol. The Morgan fingerprint density at radius 3 is 2.92 bits per heavy atom. The van der Waals surface area contributed by atoms with Crippen LogP contribution in [0.15, 0.2) is 12.1 Å². The number of pyridine rings is 1. The first-order valence-electron chi connectivity index (χ1n) is 9.43. The summed E-state index contributed by atoms with van der Waals surface area (Å²) in [5, 5.41) is 8.47. The Labute approximate surface area is 149 Å². The minimum absolute atomic E-state index is 0.474. The summed E-state index contributed by atoms with van der Waals surface area (Å²) in [7, 11) is 1.70. The number of rotatable bonds is 5. The van der Waals surface area contributed by atoms with Crippen LogP contribution >= 0.6 is 0 Å². The highest BCUT2D eigenvalue weighted by Crippen LogP contribution is 2.40. The van der Waals surface area contributed by atoms with Gasteiger partial charge in [0.1, 0.15) is 0 Å². The first kappa shape index (κ1) is 16.5. The van der Waals surface area contributed by atoms with E-state index in [9.17, 15) is 0 Å². The van der Waals surface area contributed by atoms with E-state index in [-0.39, 0.29) is 0 Å². The van der Waals surface area contributed by atoms with Crippen molar-refractivity contribution in [3.05, 3.63) is 23.4 Å². The molecule has 0 bridgehead atoms. The number of nitrogens with one attached hydrogen (secondary N) is 2. The van der Waals surface area contributed by atoms with Gasteiger partial charge in [0.05, 0.1) is 19.2 Å². The fourth-order valence-corrected chi connectivity index (χ4v) is 4.04. The fourth-order valence-electron chi connectivity index (χ4n) is 4.04. The van der Waals surface area contributed by atoms with Crippen LogP contribution in [0.4, 0.5) is 5.69 Å². The maximum atomic E-state index is 5.75. The van der Waals surface area contributed by atoms with Crippen LogP contribution in [-0.2, 0) is 12.8 Å². The predicted octanol–water partition coefficient (Wildman–Crippen LogP) is 3.29. The minimum atomic E-state index is 0.474. The third-order valence-electron chi connectivity index (χ3n) is 5.24. The molecule has 1 aliphatic carbocycles. The van der Waals surface area contributed by atoms with Gasteiger partial charge in [0, 0.05) is 35.4 Å². The van der Waals surface area contributed by atoms with E-state index in [0.717, 1.165) is 48.3 Å². The molecule has 1 unspecified atom stereocenters. The molecule has 1 atom stereocenters. The summed E-state index contributed by atoms with van der Waals surface area (Å²) >= 11 is 0. The second-order valence-electron chi connectivity index (χ2n) is 6.91. The summed E-state index contributed by atoms with van der Waals surface area (Å²) in [6, 6.07) is 4.59. The Morgan fingerprint density at radius 2 is 2.16 bits per heavy atom. The smallest absolute Gasteiger partial charge is 0.163 e. The number of fused-ring (bicyclic) bond motifs is 2. The van der Waals surface area contributed by atoms with Crippen molar-refractivity contribution in [3.8, 4) is 11.5 Å². The molecule has 0 saturated carbocycles. The van der Waals surface area contributed by atoms with Crippen LogP contribution in [0.5, 0.6) is 11.5 Å². The summed E-state index contributed by atoms with van der Waals surface area (Å²) in [4.78, 5) is 4.94. The van der Waals surface area contributed by atoms with Crippen LogP contribution in [0.25, 0.3) is 10.9 Å². The fraction of sp³-hybridized carbons (Fsp3) is 0.550. The number of piperidine rings is 1. The normalized spacial score (nSPS) is 19.7. The predicted molar refractivity (Wildman–Crippen MR) is 101 cm³/mol. The summed E-state index contributed by atoms with van der Waals surface area (Å²) in [5.74, 6) is 1.55. The van der Waals surface area contributed by atoms with Crippen molar-refractivity contribution in [1.29, 1.82) is 0 Å². The molecule has 5 nitrogen and oxygen atoms in total. The van der Waals surface area contributed by atoms with E-state index in [1.54, 1.807) is 7.11 Å². The second-order valence-corrected chi connectivity index (χ2v) is 6.91. The lowest BCUT2D eigenvalue weighted by molar-refractivity contribution is 0.311. The molecule has 5 heteroatoms. The van der Waals surface area contributed by atoms with Crippen LogP contribution in [0.3, 0.4) is 0 Å². The lowest BCUT2D eigenvalue weighted by Gasteiger charge is -2.27. The average Bonchev–Trinajstić information content (AvgIpc) is 3.10. The third kappa shape index (κ3) is 3.13. The van der Waals surface area contributed by atoms with Gasteiger partial charge in [-0.15, -0.1) is 0 Å². The number of ether oxygens (including phenoxy) is 2. The summed E-state index contributed by atoms with van der Waals surface area (Å²) in [6.45, 7) is 4.75. The molecule has 134 valence electrons. The zero-order valence-electron chi connectivity index (χ0n) is 15.2. The Kier molecular flexibility index (Phi) is 4.66. The molecule has 0 amide bonds. The van der Waals surface area contributed by atoms with Crippen molar-refractivity contribution in [1.82, 2.24) is 10.3 Å². The highest BCUT2D eigenvalue weighted by atomic mass is 16.5. The topological polar surface area (TPSA) is 55.4 Å². The van der Waals surface area contributed by atoms with Crippen LogP contribution in [0, 0.1) is 0 Å². The maximum absolute atomic E-state index is 5.75. The average molecular weight is 341 g/mol. The second kappa shape index (κ2) is 7.08. The number of methoxy groups -OCH3 is 1. The lowest BCUT2D eigenvalue weighted by atomic mass is 10.0. The van der Waals surface area contributed by atoms with Crippen molar-refractivity contribution in [2.75, 3.05) is 32.1 Å². The highest BCUT2D eigenvalue weighted by molar-refractivity contribution is 5.96. The van der Waals surface area contributed by atoms with E-state index in [4.69, 9.17) is 14.5 Å². The van der Waals surface area contributed by atoms with Gasteiger partial charge in [-0.05, 0) is 57.2 Å². The molecule has 1 saturated heterocycles. The van der Waals surface area contributed by atoms with Gasteiger partial charge in [0.15, 0.2) is 11.5 Å². The molecule has 2 N–H and O–H groups in total. The van der Waals surface area contributed by atoms with Gasteiger partial charge in [-0.1, -0.05) is 0 Å². The van der Waals surface area contributed by atoms with E-state index >= 15 is 0 Å². The number of nitrogens with zero attached hydrogens (tertiary/aromatic N) is 1. The van der Waals surface area contributed by atoms with Gasteiger partial charge >= 0.3 is 0 Å². The largest absolute Gasteiger partial charge is 0.493 e. The van der Waals surface area contributed by atoms with Crippen LogP contribution in [-0.4, -0.2) is 37.8 Å². The SMILES string of the molecule is CCOc1cc2nc3c(c(NC4CCCNC4)c2cc1OC)CCC3. The van der Waals surface area contributed by atoms with Crippen molar-refractivity contribution in [3.63, 3.8) is 0 Å². The van der Waals surface area contributed by atoms with E-state index < -0.39 is 0 Å². The van der Waals surface area contributed by atoms with Crippen molar-refractivity contribution in [2.45, 2.75) is 45.1 Å². The van der Waals surface area contributed by atoms with E-state index in [1.807, 2.05) is 13.0 Å². The van der Waals surface area contributed by atoms with Gasteiger partial charge in [-0.25, -0.2) is 0 Å². The molecule has 4 rings (SSSR count). The zero-order chi connectivity index (χ0) is 17.2. The van der Waals surface area contributed by atoms with Crippen molar-refractivity contribution in [2.24, 2.45) is 0 Å². The molecule has 1 aromatic heterocycles. The van der Waals surface area contributed by atoms with Gasteiger partial charge in [-0.3, -0.25) is 4.98 Å². The molecule has 1 aliphatic heterocycles. The minimum Gasteiger partial charge on any atom is -0.493 e. The van der Waals surface area contributed by atoms with Gasteiger partial charge < -0.3 is 20.1 Å². The molecule has 2 heterocycles. The Hall–Kier alpha value is -2.01. The molecular formula is C20H27N3O2. The Balaban J connectivity index is 1.83. The number of benzene rings is 1. The number of hydrogen-bond acceptors (Lipinski definition) is 5. The van der Waals surface area contributed by atoms with Gasteiger partial charge in [0.2, 0.25) is 0 Å². The first-order valence-corrected chi connectivity index (χ1v) is 9.43. The number of hydrogen-bond donors (Lipinski definition) is 2. The van der Waals surface area contributed by atoms with Crippen LogP contribution < -0.4 is 20.1 Å². The summed E-state index contributed by atoms with van der Waals surface area (Å²) in [5.41, 5.74) is 4.89. The summed E-state index contributed by atoms with van der Waals surface area (Å²) < 4.78 is 11.3. The van der Waals surface area contributed by atoms with Crippen LogP contribution in [0.1, 0.15) is 37.4 Å². The van der Waals surface area contributed by atoms with E-state index in [0.29, 0.717) is 12.6 Å². The monoisotopic (exact) mass is 341 g/mol. The Morgan fingerprint density at radius 1 is 1.24 bits per heavy atom. The first-order chi connectivity index (χ1) is 12.3. The molecule has 1 aromatic carbocycles. The molecule has 2 aliphatic rings. The zero-order valence-corrected chi connectivity index (χ0v) is 15.2. The van der Waals surface area contributed by atoms with Crippen molar-refractivity contribution < 1.29 is 9.47 Å². The molecule has 0 radical (unpaired) electrons. The van der Waals surface area contributed by atoms with E-state index in [2.05, 4.69) is 16.7 Å². The third-order valence-corrected chi connectivity index (χ3v) is 5.24. The van der Waals surface area contributed by atoms with Crippen LogP contribution in [0.2, 0.25) is 0 Å². The standard InChI is InChI=1S/C20H27N3O2/c1-3-25-19-11-17-15(10-18(19)24-2)20(14-7-4-8-16(14)23-17)22-13-6-5-9-21-12-13/h10-11,13,21H,3-9,12H2,1-2H3,(H,22,23). The van der Waals surface area contributed by atoms with Gasteiger partial charge in [-0.2, -0.15) is 0 Å². The lowest BCUT2D eigenvalue weighted by Crippen LogP contribution is -2.38. The Bertz CT molecular complexity index is 769. The molecule has 2 aromatic rings. The van der Waals surface area contributed by atoms with Gasteiger partial charge in [0.25, 0.3) is 0 Å². The van der Waals surface area contributed by atoms with Crippen molar-refractivity contribution >= 4 is 16.6 Å². The molecule has 1 fully saturated rings. The quantitative estimate of drug-likeness (QED) is 0.874. The highest BCUT2D eigenvalue weighted by Gasteiger charge is 2.23. The molecule has 25 heavy (non-hydrogen) atoms. The molecule has 0 spiro atoms.